The molecule has 180 valence electrons. The molecule has 0 saturated carbocycles. The van der Waals surface area contributed by atoms with E-state index in [0.29, 0.717) is 12.1 Å². The Balaban J connectivity index is 1.29. The number of ether oxygens (including phenoxy) is 1. The van der Waals surface area contributed by atoms with Crippen LogP contribution in [0.15, 0.2) is 72.8 Å². The number of rotatable bonds is 8. The largest absolute Gasteiger partial charge is 0.480 e. The van der Waals surface area contributed by atoms with Crippen LogP contribution in [0.3, 0.4) is 0 Å². The van der Waals surface area contributed by atoms with E-state index < -0.39 is 17.6 Å². The number of aryl methyl sites for hydroxylation is 1. The third kappa shape index (κ3) is 5.51. The van der Waals surface area contributed by atoms with Crippen LogP contribution in [0.4, 0.5) is 10.5 Å². The lowest BCUT2D eigenvalue weighted by molar-refractivity contribution is -0.146. The first-order valence-electron chi connectivity index (χ1n) is 11.5. The monoisotopic (exact) mass is 472 g/mol. The molecule has 3 aromatic rings. The molecule has 0 radical (unpaired) electrons. The molecule has 0 aromatic heterocycles. The second kappa shape index (κ2) is 10.0. The van der Waals surface area contributed by atoms with Gasteiger partial charge in [-0.15, -0.1) is 0 Å². The molecule has 1 aliphatic carbocycles. The van der Waals surface area contributed by atoms with E-state index in [0.717, 1.165) is 16.7 Å². The summed E-state index contributed by atoms with van der Waals surface area (Å²) in [5, 5.41) is 14.3. The van der Waals surface area contributed by atoms with Gasteiger partial charge >= 0.3 is 12.1 Å². The first-order chi connectivity index (χ1) is 16.7. The number of carboxylic acids is 1. The summed E-state index contributed by atoms with van der Waals surface area (Å²) in [5.41, 5.74) is 4.83. The van der Waals surface area contributed by atoms with Gasteiger partial charge in [0.25, 0.3) is 0 Å². The van der Waals surface area contributed by atoms with E-state index >= 15 is 0 Å². The van der Waals surface area contributed by atoms with Crippen molar-refractivity contribution in [3.05, 3.63) is 89.5 Å². The summed E-state index contributed by atoms with van der Waals surface area (Å²) in [7, 11) is 0. The molecular formula is C28H28N2O5. The van der Waals surface area contributed by atoms with E-state index in [-0.39, 0.29) is 24.9 Å². The maximum absolute atomic E-state index is 12.4. The fourth-order valence-corrected chi connectivity index (χ4v) is 4.23. The van der Waals surface area contributed by atoms with Crippen molar-refractivity contribution < 1.29 is 24.2 Å². The first kappa shape index (κ1) is 24.0. The predicted octanol–water partition coefficient (Wildman–Crippen LogP) is 4.96. The zero-order valence-electron chi connectivity index (χ0n) is 19.7. The van der Waals surface area contributed by atoms with Gasteiger partial charge in [0.05, 0.1) is 0 Å². The van der Waals surface area contributed by atoms with Gasteiger partial charge in [-0.05, 0) is 60.2 Å². The number of carbonyl (C=O) groups excluding carboxylic acids is 2. The average molecular weight is 473 g/mol. The second-order valence-corrected chi connectivity index (χ2v) is 9.13. The lowest BCUT2D eigenvalue weighted by atomic mass is 9.98. The summed E-state index contributed by atoms with van der Waals surface area (Å²) in [6, 6.07) is 23.5. The number of fused-ring (bicyclic) bond motifs is 3. The van der Waals surface area contributed by atoms with Crippen LogP contribution in [-0.4, -0.2) is 35.2 Å². The van der Waals surface area contributed by atoms with E-state index in [9.17, 15) is 14.4 Å². The van der Waals surface area contributed by atoms with Crippen molar-refractivity contribution in [3.63, 3.8) is 0 Å². The summed E-state index contributed by atoms with van der Waals surface area (Å²) >= 11 is 0. The van der Waals surface area contributed by atoms with Crippen molar-refractivity contribution in [2.24, 2.45) is 0 Å². The number of aliphatic carboxylic acids is 1. The molecule has 0 heterocycles. The van der Waals surface area contributed by atoms with E-state index in [2.05, 4.69) is 34.9 Å². The van der Waals surface area contributed by atoms with Crippen LogP contribution in [0.2, 0.25) is 0 Å². The lowest BCUT2D eigenvalue weighted by Crippen LogP contribution is -2.49. The highest BCUT2D eigenvalue weighted by atomic mass is 16.5. The first-order valence-corrected chi connectivity index (χ1v) is 11.5. The molecule has 0 unspecified atom stereocenters. The third-order valence-corrected chi connectivity index (χ3v) is 6.17. The van der Waals surface area contributed by atoms with Gasteiger partial charge < -0.3 is 15.2 Å². The quantitative estimate of drug-likeness (QED) is 0.430. The average Bonchev–Trinajstić information content (AvgIpc) is 3.16. The van der Waals surface area contributed by atoms with Crippen LogP contribution in [0.1, 0.15) is 42.9 Å². The number of hydrogen-bond donors (Lipinski definition) is 3. The van der Waals surface area contributed by atoms with Crippen LogP contribution < -0.4 is 10.6 Å². The van der Waals surface area contributed by atoms with Gasteiger partial charge in [-0.1, -0.05) is 60.7 Å². The van der Waals surface area contributed by atoms with Gasteiger partial charge in [0, 0.05) is 18.0 Å². The van der Waals surface area contributed by atoms with Gasteiger partial charge in [-0.2, -0.15) is 0 Å². The van der Waals surface area contributed by atoms with Crippen LogP contribution in [0.5, 0.6) is 0 Å². The summed E-state index contributed by atoms with van der Waals surface area (Å²) in [5.74, 6) is -1.43. The minimum Gasteiger partial charge on any atom is -0.480 e. The number of amides is 2. The highest BCUT2D eigenvalue weighted by Crippen LogP contribution is 2.44. The molecule has 2 amide bonds. The van der Waals surface area contributed by atoms with Crippen LogP contribution in [0.25, 0.3) is 11.1 Å². The molecule has 7 heteroatoms. The normalized spacial score (nSPS) is 12.4. The van der Waals surface area contributed by atoms with E-state index in [1.807, 2.05) is 36.4 Å². The molecule has 0 saturated heterocycles. The number of benzene rings is 3. The smallest absolute Gasteiger partial charge is 0.411 e. The molecule has 0 spiro atoms. The molecule has 0 aliphatic heterocycles. The van der Waals surface area contributed by atoms with E-state index in [4.69, 9.17) is 9.84 Å². The van der Waals surface area contributed by atoms with Crippen molar-refractivity contribution in [1.82, 2.24) is 5.32 Å². The summed E-state index contributed by atoms with van der Waals surface area (Å²) in [6.45, 7) is 3.12. The van der Waals surface area contributed by atoms with Gasteiger partial charge in [0.1, 0.15) is 12.1 Å². The van der Waals surface area contributed by atoms with Crippen molar-refractivity contribution in [1.29, 1.82) is 0 Å². The molecule has 3 aromatic carbocycles. The number of nitrogens with one attached hydrogen (secondary N) is 2. The Morgan fingerprint density at radius 1 is 0.886 bits per heavy atom. The molecule has 35 heavy (non-hydrogen) atoms. The molecule has 1 aliphatic rings. The van der Waals surface area contributed by atoms with Gasteiger partial charge in [0.2, 0.25) is 5.91 Å². The predicted molar refractivity (Wildman–Crippen MR) is 133 cm³/mol. The molecule has 3 N–H and O–H groups in total. The number of carboxylic acid groups (broad SMARTS) is 1. The SMILES string of the molecule is CC(C)(NC(=O)CCc1ccc(NC(=O)OCC2c3ccccc3-c3ccccc32)cc1)C(=O)O. The Kier molecular flexibility index (Phi) is 6.87. The fourth-order valence-electron chi connectivity index (χ4n) is 4.23. The second-order valence-electron chi connectivity index (χ2n) is 9.13. The lowest BCUT2D eigenvalue weighted by Gasteiger charge is -2.20. The number of anilines is 1. The van der Waals surface area contributed by atoms with E-state index in [1.54, 1.807) is 12.1 Å². The third-order valence-electron chi connectivity index (χ3n) is 6.17. The van der Waals surface area contributed by atoms with Gasteiger partial charge in [0.15, 0.2) is 0 Å². The van der Waals surface area contributed by atoms with Gasteiger partial charge in [-0.3, -0.25) is 10.1 Å². The highest BCUT2D eigenvalue weighted by Gasteiger charge is 2.29. The van der Waals surface area contributed by atoms with Crippen LogP contribution >= 0.6 is 0 Å². The Labute approximate surface area is 204 Å². The van der Waals surface area contributed by atoms with Crippen molar-refractivity contribution in [2.45, 2.75) is 38.1 Å². The molecule has 7 nitrogen and oxygen atoms in total. The van der Waals surface area contributed by atoms with Crippen LogP contribution in [-0.2, 0) is 20.7 Å². The Hall–Kier alpha value is -4.13. The maximum atomic E-state index is 12.4. The molecule has 4 rings (SSSR count). The minimum atomic E-state index is -1.31. The zero-order chi connectivity index (χ0) is 25.0. The Bertz CT molecular complexity index is 1200. The highest BCUT2D eigenvalue weighted by molar-refractivity contribution is 5.86. The topological polar surface area (TPSA) is 105 Å². The van der Waals surface area contributed by atoms with Crippen molar-refractivity contribution in [2.75, 3.05) is 11.9 Å². The Morgan fingerprint density at radius 3 is 2.03 bits per heavy atom. The number of hydrogen-bond acceptors (Lipinski definition) is 4. The minimum absolute atomic E-state index is 0.00669. The maximum Gasteiger partial charge on any atom is 0.411 e. The van der Waals surface area contributed by atoms with Crippen molar-refractivity contribution >= 4 is 23.7 Å². The zero-order valence-corrected chi connectivity index (χ0v) is 19.7. The Morgan fingerprint density at radius 2 is 1.46 bits per heavy atom. The molecule has 0 fully saturated rings. The van der Waals surface area contributed by atoms with Crippen molar-refractivity contribution in [3.8, 4) is 11.1 Å². The standard InChI is InChI=1S/C28H28N2O5/c1-28(2,26(32)33)30-25(31)16-13-18-11-14-19(15-12-18)29-27(34)35-17-24-22-9-5-3-7-20(22)21-8-4-6-10-23(21)24/h3-12,14-15,24H,13,16-17H2,1-2H3,(H,29,34)(H,30,31)(H,32,33). The fraction of sp³-hybridized carbons (Fsp3) is 0.250. The molecule has 0 bridgehead atoms. The number of carbonyl (C=O) groups is 3. The molecular weight excluding hydrogens is 444 g/mol. The van der Waals surface area contributed by atoms with Gasteiger partial charge in [-0.25, -0.2) is 9.59 Å². The molecule has 0 atom stereocenters. The summed E-state index contributed by atoms with van der Waals surface area (Å²) < 4.78 is 5.57. The summed E-state index contributed by atoms with van der Waals surface area (Å²) in [6.07, 6.45) is 0.0812. The summed E-state index contributed by atoms with van der Waals surface area (Å²) in [4.78, 5) is 35.6. The van der Waals surface area contributed by atoms with E-state index in [1.165, 1.54) is 25.0 Å². The van der Waals surface area contributed by atoms with Crippen LogP contribution in [0, 0.1) is 0 Å².